The highest BCUT2D eigenvalue weighted by Gasteiger charge is 2.02. The third-order valence-electron chi connectivity index (χ3n) is 1.79. The van der Waals surface area contributed by atoms with Crippen LogP contribution in [0.3, 0.4) is 0 Å². The van der Waals surface area contributed by atoms with Crippen molar-refractivity contribution in [2.75, 3.05) is 0 Å². The fourth-order valence-corrected chi connectivity index (χ4v) is 1.28. The third kappa shape index (κ3) is 2.85. The maximum Gasteiger partial charge on any atom is 0.240 e. The molecule has 2 nitrogen and oxygen atoms in total. The lowest BCUT2D eigenvalue weighted by Gasteiger charge is -2.06. The zero-order chi connectivity index (χ0) is 9.68. The Bertz CT molecular complexity index is 325. The lowest BCUT2D eigenvalue weighted by Crippen LogP contribution is -1.93. The van der Waals surface area contributed by atoms with Gasteiger partial charge in [0.1, 0.15) is 0 Å². The number of para-hydroxylation sites is 1. The fourth-order valence-electron chi connectivity index (χ4n) is 1.28. The van der Waals surface area contributed by atoms with E-state index in [0.717, 1.165) is 17.7 Å². The predicted molar refractivity (Wildman–Crippen MR) is 52.8 cm³/mol. The first-order valence-electron chi connectivity index (χ1n) is 4.40. The molecule has 0 fully saturated rings. The molecule has 0 spiro atoms. The second-order valence-corrected chi connectivity index (χ2v) is 3.43. The molecule has 0 aliphatic heterocycles. The molecule has 0 saturated heterocycles. The summed E-state index contributed by atoms with van der Waals surface area (Å²) in [5.41, 5.74) is 1.85. The first-order chi connectivity index (χ1) is 6.24. The Kier molecular flexibility index (Phi) is 3.41. The average Bonchev–Trinajstić information content (AvgIpc) is 2.08. The van der Waals surface area contributed by atoms with Crippen molar-refractivity contribution in [2.24, 2.45) is 10.9 Å². The van der Waals surface area contributed by atoms with Crippen LogP contribution < -0.4 is 0 Å². The molecule has 0 radical (unpaired) electrons. The highest BCUT2D eigenvalue weighted by molar-refractivity contribution is 5.53. The zero-order valence-corrected chi connectivity index (χ0v) is 7.95. The van der Waals surface area contributed by atoms with E-state index in [1.807, 2.05) is 24.3 Å². The summed E-state index contributed by atoms with van der Waals surface area (Å²) in [4.78, 5) is 13.8. The molecule has 0 atom stereocenters. The van der Waals surface area contributed by atoms with Crippen LogP contribution in [0.4, 0.5) is 5.69 Å². The van der Waals surface area contributed by atoms with Crippen molar-refractivity contribution in [2.45, 2.75) is 20.3 Å². The Morgan fingerprint density at radius 1 is 1.38 bits per heavy atom. The van der Waals surface area contributed by atoms with E-state index in [4.69, 9.17) is 0 Å². The summed E-state index contributed by atoms with van der Waals surface area (Å²) in [7, 11) is 0. The number of rotatable bonds is 3. The average molecular weight is 175 g/mol. The maximum absolute atomic E-state index is 10.1. The minimum Gasteiger partial charge on any atom is -0.211 e. The Balaban J connectivity index is 2.97. The number of hydrogen-bond acceptors (Lipinski definition) is 2. The second kappa shape index (κ2) is 4.58. The highest BCUT2D eigenvalue weighted by atomic mass is 16.1. The molecule has 1 aromatic rings. The van der Waals surface area contributed by atoms with Crippen LogP contribution >= 0.6 is 0 Å². The molecule has 2 heteroatoms. The molecular weight excluding hydrogens is 162 g/mol. The minimum absolute atomic E-state index is 0.572. The van der Waals surface area contributed by atoms with Crippen molar-refractivity contribution in [1.82, 2.24) is 0 Å². The summed E-state index contributed by atoms with van der Waals surface area (Å²) in [6.45, 7) is 4.28. The third-order valence-corrected chi connectivity index (χ3v) is 1.79. The van der Waals surface area contributed by atoms with Crippen molar-refractivity contribution in [1.29, 1.82) is 0 Å². The summed E-state index contributed by atoms with van der Waals surface area (Å²) in [5.74, 6) is 0.572. The first-order valence-corrected chi connectivity index (χ1v) is 4.40. The maximum atomic E-state index is 10.1. The number of carbonyl (C=O) groups excluding carboxylic acids is 1. The van der Waals surface area contributed by atoms with Crippen LogP contribution in [-0.2, 0) is 11.2 Å². The zero-order valence-electron chi connectivity index (χ0n) is 7.95. The van der Waals surface area contributed by atoms with E-state index in [1.165, 1.54) is 0 Å². The molecule has 0 amide bonds. The molecule has 0 saturated carbocycles. The van der Waals surface area contributed by atoms with Crippen molar-refractivity contribution >= 4 is 11.8 Å². The Morgan fingerprint density at radius 2 is 2.08 bits per heavy atom. The van der Waals surface area contributed by atoms with Gasteiger partial charge in [-0.25, -0.2) is 4.79 Å². The Hall–Kier alpha value is -1.40. The molecule has 0 N–H and O–H groups in total. The molecule has 1 aromatic carbocycles. The van der Waals surface area contributed by atoms with E-state index in [1.54, 1.807) is 6.08 Å². The van der Waals surface area contributed by atoms with Gasteiger partial charge in [-0.3, -0.25) is 0 Å². The molecule has 68 valence electrons. The standard InChI is InChI=1S/C11H13NO/c1-9(2)7-10-5-3-4-6-11(10)12-8-13/h3-6,9H,7H2,1-2H3. The van der Waals surface area contributed by atoms with Crippen LogP contribution in [0.25, 0.3) is 0 Å². The highest BCUT2D eigenvalue weighted by Crippen LogP contribution is 2.20. The predicted octanol–water partition coefficient (Wildman–Crippen LogP) is 2.85. The van der Waals surface area contributed by atoms with Crippen LogP contribution in [0.5, 0.6) is 0 Å². The molecular formula is C11H13NO. The molecule has 1 rings (SSSR count). The first kappa shape index (κ1) is 9.69. The summed E-state index contributed by atoms with van der Waals surface area (Å²) in [6.07, 6.45) is 2.52. The van der Waals surface area contributed by atoms with Gasteiger partial charge in [0.15, 0.2) is 0 Å². The Labute approximate surface area is 78.3 Å². The van der Waals surface area contributed by atoms with Crippen LogP contribution in [-0.4, -0.2) is 6.08 Å². The van der Waals surface area contributed by atoms with Gasteiger partial charge < -0.3 is 0 Å². The van der Waals surface area contributed by atoms with E-state index < -0.39 is 0 Å². The minimum atomic E-state index is 0.572. The topological polar surface area (TPSA) is 29.4 Å². The van der Waals surface area contributed by atoms with Crippen molar-refractivity contribution in [3.8, 4) is 0 Å². The molecule has 0 heterocycles. The van der Waals surface area contributed by atoms with Gasteiger partial charge in [0.05, 0.1) is 5.69 Å². The number of hydrogen-bond donors (Lipinski definition) is 0. The largest absolute Gasteiger partial charge is 0.240 e. The van der Waals surface area contributed by atoms with Crippen LogP contribution in [0.1, 0.15) is 19.4 Å². The SMILES string of the molecule is CC(C)Cc1ccccc1N=C=O. The van der Waals surface area contributed by atoms with E-state index in [-0.39, 0.29) is 0 Å². The quantitative estimate of drug-likeness (QED) is 0.513. The molecule has 13 heavy (non-hydrogen) atoms. The van der Waals surface area contributed by atoms with Crippen LogP contribution in [0, 0.1) is 5.92 Å². The number of benzene rings is 1. The van der Waals surface area contributed by atoms with Crippen molar-refractivity contribution in [3.05, 3.63) is 29.8 Å². The number of nitrogens with zero attached hydrogens (tertiary/aromatic N) is 1. The van der Waals surface area contributed by atoms with Crippen molar-refractivity contribution < 1.29 is 4.79 Å². The fraction of sp³-hybridized carbons (Fsp3) is 0.364. The molecule has 0 aliphatic carbocycles. The summed E-state index contributed by atoms with van der Waals surface area (Å²) < 4.78 is 0. The van der Waals surface area contributed by atoms with Gasteiger partial charge in [0.2, 0.25) is 6.08 Å². The van der Waals surface area contributed by atoms with E-state index >= 15 is 0 Å². The van der Waals surface area contributed by atoms with Crippen molar-refractivity contribution in [3.63, 3.8) is 0 Å². The van der Waals surface area contributed by atoms with Gasteiger partial charge in [-0.05, 0) is 24.0 Å². The summed E-state index contributed by atoms with van der Waals surface area (Å²) in [6, 6.07) is 7.67. The lowest BCUT2D eigenvalue weighted by atomic mass is 10.0. The number of aliphatic imine (C=N–C) groups is 1. The second-order valence-electron chi connectivity index (χ2n) is 3.43. The molecule has 0 unspecified atom stereocenters. The summed E-state index contributed by atoms with van der Waals surface area (Å²) >= 11 is 0. The van der Waals surface area contributed by atoms with Gasteiger partial charge in [-0.2, -0.15) is 4.99 Å². The normalized spacial score (nSPS) is 9.77. The molecule has 0 aromatic heterocycles. The monoisotopic (exact) mass is 175 g/mol. The van der Waals surface area contributed by atoms with Crippen LogP contribution in [0.2, 0.25) is 0 Å². The van der Waals surface area contributed by atoms with E-state index in [2.05, 4.69) is 18.8 Å². The lowest BCUT2D eigenvalue weighted by molar-refractivity contribution is 0.565. The van der Waals surface area contributed by atoms with Gasteiger partial charge >= 0.3 is 0 Å². The van der Waals surface area contributed by atoms with E-state index in [9.17, 15) is 4.79 Å². The number of isocyanates is 1. The van der Waals surface area contributed by atoms with Gasteiger partial charge in [0.25, 0.3) is 0 Å². The molecule has 0 aliphatic rings. The van der Waals surface area contributed by atoms with Gasteiger partial charge in [-0.15, -0.1) is 0 Å². The van der Waals surface area contributed by atoms with Crippen LogP contribution in [0.15, 0.2) is 29.3 Å². The van der Waals surface area contributed by atoms with Gasteiger partial charge in [-0.1, -0.05) is 32.0 Å². The Morgan fingerprint density at radius 3 is 2.69 bits per heavy atom. The van der Waals surface area contributed by atoms with E-state index in [0.29, 0.717) is 5.92 Å². The van der Waals surface area contributed by atoms with Gasteiger partial charge in [0, 0.05) is 0 Å². The molecule has 0 bridgehead atoms. The summed E-state index contributed by atoms with van der Waals surface area (Å²) in [5, 5.41) is 0. The smallest absolute Gasteiger partial charge is 0.211 e.